The summed E-state index contributed by atoms with van der Waals surface area (Å²) >= 11 is 0. The lowest BCUT2D eigenvalue weighted by molar-refractivity contribution is -0.121. The molecular weight excluding hydrogens is 230 g/mol. The third-order valence-electron chi connectivity index (χ3n) is 3.48. The molecule has 1 aromatic carbocycles. The van der Waals surface area contributed by atoms with Crippen molar-refractivity contribution >= 4 is 6.41 Å². The van der Waals surface area contributed by atoms with Gasteiger partial charge in [0.1, 0.15) is 11.5 Å². The van der Waals surface area contributed by atoms with Crippen molar-refractivity contribution in [2.45, 2.75) is 25.3 Å². The van der Waals surface area contributed by atoms with E-state index in [2.05, 4.69) is 0 Å². The predicted octanol–water partition coefficient (Wildman–Crippen LogP) is 2.39. The van der Waals surface area contributed by atoms with E-state index in [9.17, 15) is 4.79 Å². The zero-order chi connectivity index (χ0) is 13.0. The topological polar surface area (TPSA) is 38.8 Å². The standard InChI is InChI=1S/C14H19NO3/c1-17-12-7-5-8-13(18-2)14(12)11-6-3-4-9-15(11)10-16/h5,7-8,10-11H,3-4,6,9H2,1-2H3/t11-/m1/s1. The number of rotatable bonds is 4. The summed E-state index contributed by atoms with van der Waals surface area (Å²) in [5, 5.41) is 0. The van der Waals surface area contributed by atoms with Crippen molar-refractivity contribution in [1.82, 2.24) is 4.90 Å². The van der Waals surface area contributed by atoms with Crippen LogP contribution in [-0.2, 0) is 4.79 Å². The zero-order valence-corrected chi connectivity index (χ0v) is 10.9. The van der Waals surface area contributed by atoms with Gasteiger partial charge in [-0.25, -0.2) is 0 Å². The highest BCUT2D eigenvalue weighted by atomic mass is 16.5. The summed E-state index contributed by atoms with van der Waals surface area (Å²) in [5.74, 6) is 1.57. The zero-order valence-electron chi connectivity index (χ0n) is 10.9. The van der Waals surface area contributed by atoms with Gasteiger partial charge >= 0.3 is 0 Å². The first-order valence-corrected chi connectivity index (χ1v) is 6.23. The lowest BCUT2D eigenvalue weighted by Crippen LogP contribution is -2.32. The molecule has 1 atom stereocenters. The lowest BCUT2D eigenvalue weighted by atomic mass is 9.94. The van der Waals surface area contributed by atoms with E-state index in [1.807, 2.05) is 23.1 Å². The Hall–Kier alpha value is -1.71. The van der Waals surface area contributed by atoms with Gasteiger partial charge in [-0.1, -0.05) is 6.07 Å². The second-order valence-electron chi connectivity index (χ2n) is 4.43. The van der Waals surface area contributed by atoms with Crippen LogP contribution in [0.3, 0.4) is 0 Å². The largest absolute Gasteiger partial charge is 0.496 e. The maximum absolute atomic E-state index is 11.2. The van der Waals surface area contributed by atoms with Crippen LogP contribution >= 0.6 is 0 Å². The van der Waals surface area contributed by atoms with E-state index < -0.39 is 0 Å². The van der Waals surface area contributed by atoms with E-state index >= 15 is 0 Å². The van der Waals surface area contributed by atoms with Crippen molar-refractivity contribution in [2.75, 3.05) is 20.8 Å². The Labute approximate surface area is 107 Å². The van der Waals surface area contributed by atoms with Crippen molar-refractivity contribution in [3.63, 3.8) is 0 Å². The van der Waals surface area contributed by atoms with Crippen LogP contribution in [0, 0.1) is 0 Å². The maximum Gasteiger partial charge on any atom is 0.210 e. The molecule has 1 amide bonds. The maximum atomic E-state index is 11.2. The van der Waals surface area contributed by atoms with E-state index in [0.717, 1.165) is 49.3 Å². The van der Waals surface area contributed by atoms with E-state index in [0.29, 0.717) is 0 Å². The van der Waals surface area contributed by atoms with E-state index in [1.165, 1.54) is 0 Å². The number of amides is 1. The van der Waals surface area contributed by atoms with E-state index in [-0.39, 0.29) is 6.04 Å². The summed E-state index contributed by atoms with van der Waals surface area (Å²) in [6, 6.07) is 5.78. The Morgan fingerprint density at radius 2 is 1.89 bits per heavy atom. The van der Waals surface area contributed by atoms with Gasteiger partial charge in [0.25, 0.3) is 0 Å². The van der Waals surface area contributed by atoms with Crippen molar-refractivity contribution < 1.29 is 14.3 Å². The molecular formula is C14H19NO3. The molecule has 0 radical (unpaired) electrons. The van der Waals surface area contributed by atoms with Crippen LogP contribution in [0.2, 0.25) is 0 Å². The molecule has 18 heavy (non-hydrogen) atoms. The number of methoxy groups -OCH3 is 2. The van der Waals surface area contributed by atoms with Crippen molar-refractivity contribution in [3.8, 4) is 11.5 Å². The molecule has 1 heterocycles. The molecule has 0 aromatic heterocycles. The Bertz CT molecular complexity index is 397. The van der Waals surface area contributed by atoms with Crippen LogP contribution in [0.5, 0.6) is 11.5 Å². The third kappa shape index (κ3) is 2.28. The minimum absolute atomic E-state index is 0.0577. The average molecular weight is 249 g/mol. The van der Waals surface area contributed by atoms with Crippen LogP contribution in [0.15, 0.2) is 18.2 Å². The molecule has 1 aliphatic heterocycles. The van der Waals surface area contributed by atoms with Gasteiger partial charge in [-0.05, 0) is 31.4 Å². The molecule has 1 aromatic rings. The first-order valence-electron chi connectivity index (χ1n) is 6.23. The normalized spacial score (nSPS) is 19.4. The highest BCUT2D eigenvalue weighted by molar-refractivity contribution is 5.54. The fourth-order valence-corrected chi connectivity index (χ4v) is 2.60. The Balaban J connectivity index is 2.43. The van der Waals surface area contributed by atoms with Gasteiger partial charge < -0.3 is 14.4 Å². The molecule has 4 heteroatoms. The highest BCUT2D eigenvalue weighted by Crippen LogP contribution is 2.40. The van der Waals surface area contributed by atoms with Crippen LogP contribution < -0.4 is 9.47 Å². The number of hydrogen-bond donors (Lipinski definition) is 0. The average Bonchev–Trinajstić information content (AvgIpc) is 2.46. The lowest BCUT2D eigenvalue weighted by Gasteiger charge is -2.34. The fraction of sp³-hybridized carbons (Fsp3) is 0.500. The first kappa shape index (κ1) is 12.7. The van der Waals surface area contributed by atoms with Gasteiger partial charge in [0.05, 0.1) is 25.8 Å². The van der Waals surface area contributed by atoms with Gasteiger partial charge in [0.2, 0.25) is 6.41 Å². The molecule has 0 aliphatic carbocycles. The molecule has 1 aliphatic rings. The van der Waals surface area contributed by atoms with E-state index in [1.54, 1.807) is 14.2 Å². The minimum Gasteiger partial charge on any atom is -0.496 e. The van der Waals surface area contributed by atoms with Crippen molar-refractivity contribution in [1.29, 1.82) is 0 Å². The van der Waals surface area contributed by atoms with Gasteiger partial charge in [0, 0.05) is 6.54 Å². The molecule has 0 saturated carbocycles. The second-order valence-corrected chi connectivity index (χ2v) is 4.43. The van der Waals surface area contributed by atoms with Gasteiger partial charge in [0.15, 0.2) is 0 Å². The smallest absolute Gasteiger partial charge is 0.210 e. The molecule has 4 nitrogen and oxygen atoms in total. The summed E-state index contributed by atoms with van der Waals surface area (Å²) < 4.78 is 10.8. The summed E-state index contributed by atoms with van der Waals surface area (Å²) in [6.07, 6.45) is 4.06. The van der Waals surface area contributed by atoms with Crippen LogP contribution in [-0.4, -0.2) is 32.1 Å². The predicted molar refractivity (Wildman–Crippen MR) is 68.9 cm³/mol. The number of benzene rings is 1. The summed E-state index contributed by atoms with van der Waals surface area (Å²) in [7, 11) is 3.29. The van der Waals surface area contributed by atoms with Crippen molar-refractivity contribution in [2.24, 2.45) is 0 Å². The number of piperidine rings is 1. The van der Waals surface area contributed by atoms with Crippen LogP contribution in [0.4, 0.5) is 0 Å². The van der Waals surface area contributed by atoms with Gasteiger partial charge in [-0.2, -0.15) is 0 Å². The van der Waals surface area contributed by atoms with Crippen LogP contribution in [0.1, 0.15) is 30.9 Å². The van der Waals surface area contributed by atoms with Gasteiger partial charge in [-0.3, -0.25) is 4.79 Å². The Morgan fingerprint density at radius 3 is 2.44 bits per heavy atom. The quantitative estimate of drug-likeness (QED) is 0.769. The molecule has 98 valence electrons. The molecule has 1 saturated heterocycles. The van der Waals surface area contributed by atoms with Gasteiger partial charge in [-0.15, -0.1) is 0 Å². The summed E-state index contributed by atoms with van der Waals surface area (Å²) in [5.41, 5.74) is 0.981. The molecule has 0 bridgehead atoms. The number of carbonyl (C=O) groups excluding carboxylic acids is 1. The Morgan fingerprint density at radius 1 is 1.22 bits per heavy atom. The Kier molecular flexibility index (Phi) is 4.07. The monoisotopic (exact) mass is 249 g/mol. The second kappa shape index (κ2) is 5.76. The fourth-order valence-electron chi connectivity index (χ4n) is 2.60. The minimum atomic E-state index is 0.0577. The number of ether oxygens (including phenoxy) is 2. The third-order valence-corrected chi connectivity index (χ3v) is 3.48. The number of nitrogens with zero attached hydrogens (tertiary/aromatic N) is 1. The highest BCUT2D eigenvalue weighted by Gasteiger charge is 2.28. The number of likely N-dealkylation sites (tertiary alicyclic amines) is 1. The summed E-state index contributed by atoms with van der Waals surface area (Å²) in [4.78, 5) is 13.0. The van der Waals surface area contributed by atoms with Crippen molar-refractivity contribution in [3.05, 3.63) is 23.8 Å². The number of carbonyl (C=O) groups is 1. The summed E-state index contributed by atoms with van der Waals surface area (Å²) in [6.45, 7) is 0.801. The first-order chi connectivity index (χ1) is 8.81. The molecule has 2 rings (SSSR count). The molecule has 1 fully saturated rings. The number of hydrogen-bond acceptors (Lipinski definition) is 3. The molecule has 0 spiro atoms. The molecule has 0 N–H and O–H groups in total. The molecule has 0 unspecified atom stereocenters. The SMILES string of the molecule is COc1cccc(OC)c1[C@H]1CCCCN1C=O. The van der Waals surface area contributed by atoms with E-state index in [4.69, 9.17) is 9.47 Å². The van der Waals surface area contributed by atoms with Crippen LogP contribution in [0.25, 0.3) is 0 Å².